The van der Waals surface area contributed by atoms with Crippen molar-refractivity contribution in [3.05, 3.63) is 34.8 Å². The Balaban J connectivity index is 1.80. The maximum Gasteiger partial charge on any atom is 0.337 e. The molecule has 0 aliphatic heterocycles. The molecule has 0 fully saturated rings. The third kappa shape index (κ3) is 6.22. The highest BCUT2D eigenvalue weighted by Gasteiger charge is 2.10. The topological polar surface area (TPSA) is 81.2 Å². The lowest BCUT2D eigenvalue weighted by molar-refractivity contribution is -0.121. The number of aryl methyl sites for hydroxylation is 1. The summed E-state index contributed by atoms with van der Waals surface area (Å²) in [5.41, 5.74) is 1.39. The van der Waals surface area contributed by atoms with Crippen molar-refractivity contribution >= 4 is 23.2 Å². The number of nitrogens with zero attached hydrogens (tertiary/aromatic N) is 2. The van der Waals surface area contributed by atoms with Gasteiger partial charge in [-0.15, -0.1) is 10.2 Å². The Kier molecular flexibility index (Phi) is 8.21. The standard InChI is InChI=1S/C19H25N3O3S/c1-3-4-5-6-13-20-16(23)11-12-17-21-22-18(26-17)14-7-9-15(10-8-14)19(24)25-2/h7-10H,3-6,11-13H2,1-2H3,(H,20,23). The van der Waals surface area contributed by atoms with E-state index in [1.165, 1.54) is 31.3 Å². The Morgan fingerprint density at radius 1 is 1.12 bits per heavy atom. The predicted octanol–water partition coefficient (Wildman–Crippen LogP) is 3.62. The van der Waals surface area contributed by atoms with Gasteiger partial charge in [-0.05, 0) is 18.6 Å². The molecule has 0 bridgehead atoms. The minimum Gasteiger partial charge on any atom is -0.465 e. The molecular weight excluding hydrogens is 350 g/mol. The maximum absolute atomic E-state index is 11.9. The van der Waals surface area contributed by atoms with Crippen molar-refractivity contribution in [3.63, 3.8) is 0 Å². The molecule has 1 aromatic heterocycles. The van der Waals surface area contributed by atoms with Gasteiger partial charge < -0.3 is 10.1 Å². The van der Waals surface area contributed by atoms with E-state index in [1.807, 2.05) is 12.1 Å². The third-order valence-electron chi connectivity index (χ3n) is 3.94. The zero-order valence-corrected chi connectivity index (χ0v) is 16.1. The summed E-state index contributed by atoms with van der Waals surface area (Å²) in [6, 6.07) is 7.04. The number of amides is 1. The highest BCUT2D eigenvalue weighted by molar-refractivity contribution is 7.14. The summed E-state index contributed by atoms with van der Waals surface area (Å²) in [6.45, 7) is 2.91. The molecule has 1 N–H and O–H groups in total. The highest BCUT2D eigenvalue weighted by Crippen LogP contribution is 2.24. The first-order valence-corrected chi connectivity index (χ1v) is 9.73. The van der Waals surface area contributed by atoms with Crippen LogP contribution in [0.3, 0.4) is 0 Å². The van der Waals surface area contributed by atoms with Crippen molar-refractivity contribution in [2.45, 2.75) is 45.4 Å². The molecule has 140 valence electrons. The lowest BCUT2D eigenvalue weighted by atomic mass is 10.1. The lowest BCUT2D eigenvalue weighted by Crippen LogP contribution is -2.24. The molecule has 1 heterocycles. The van der Waals surface area contributed by atoms with Crippen molar-refractivity contribution < 1.29 is 14.3 Å². The molecule has 0 saturated heterocycles. The summed E-state index contributed by atoms with van der Waals surface area (Å²) in [4.78, 5) is 23.3. The monoisotopic (exact) mass is 375 g/mol. The van der Waals surface area contributed by atoms with Crippen molar-refractivity contribution in [2.24, 2.45) is 0 Å². The number of nitrogens with one attached hydrogen (secondary N) is 1. The number of carbonyl (C=O) groups excluding carboxylic acids is 2. The Labute approximate surface area is 158 Å². The molecule has 2 aromatic rings. The van der Waals surface area contributed by atoms with E-state index in [1.54, 1.807) is 12.1 Å². The molecule has 0 aliphatic rings. The number of hydrogen-bond donors (Lipinski definition) is 1. The number of ether oxygens (including phenoxy) is 1. The number of unbranched alkanes of at least 4 members (excludes halogenated alkanes) is 3. The molecular formula is C19H25N3O3S. The van der Waals surface area contributed by atoms with Crippen LogP contribution in [0.15, 0.2) is 24.3 Å². The first kappa shape index (κ1) is 20.0. The summed E-state index contributed by atoms with van der Waals surface area (Å²) < 4.78 is 4.69. The van der Waals surface area contributed by atoms with Crippen molar-refractivity contribution in [2.75, 3.05) is 13.7 Å². The molecule has 1 aromatic carbocycles. The summed E-state index contributed by atoms with van der Waals surface area (Å²) in [7, 11) is 1.36. The van der Waals surface area contributed by atoms with E-state index in [9.17, 15) is 9.59 Å². The number of methoxy groups -OCH3 is 1. The quantitative estimate of drug-likeness (QED) is 0.507. The second-order valence-corrected chi connectivity index (χ2v) is 7.04. The molecule has 6 nitrogen and oxygen atoms in total. The summed E-state index contributed by atoms with van der Waals surface area (Å²) in [5.74, 6) is -0.309. The SMILES string of the molecule is CCCCCCNC(=O)CCc1nnc(-c2ccc(C(=O)OC)cc2)s1. The van der Waals surface area contributed by atoms with Gasteiger partial charge in [0, 0.05) is 24.9 Å². The summed E-state index contributed by atoms with van der Waals surface area (Å²) in [5, 5.41) is 12.9. The van der Waals surface area contributed by atoms with E-state index in [-0.39, 0.29) is 11.9 Å². The zero-order chi connectivity index (χ0) is 18.8. The van der Waals surface area contributed by atoms with E-state index < -0.39 is 0 Å². The van der Waals surface area contributed by atoms with Crippen LogP contribution in [0.2, 0.25) is 0 Å². The summed E-state index contributed by atoms with van der Waals surface area (Å²) >= 11 is 1.46. The first-order chi connectivity index (χ1) is 12.6. The van der Waals surface area contributed by atoms with Crippen LogP contribution in [-0.2, 0) is 16.0 Å². The van der Waals surface area contributed by atoms with Crippen LogP contribution >= 0.6 is 11.3 Å². The average Bonchev–Trinajstić information content (AvgIpc) is 3.15. The normalized spacial score (nSPS) is 10.5. The van der Waals surface area contributed by atoms with Crippen LogP contribution in [0.1, 0.15) is 54.4 Å². The molecule has 26 heavy (non-hydrogen) atoms. The minimum atomic E-state index is -0.366. The number of rotatable bonds is 10. The van der Waals surface area contributed by atoms with Crippen molar-refractivity contribution in [1.29, 1.82) is 0 Å². The van der Waals surface area contributed by atoms with Gasteiger partial charge in [0.2, 0.25) is 5.91 Å². The van der Waals surface area contributed by atoms with E-state index in [4.69, 9.17) is 0 Å². The highest BCUT2D eigenvalue weighted by atomic mass is 32.1. The van der Waals surface area contributed by atoms with Gasteiger partial charge in [0.05, 0.1) is 12.7 Å². The van der Waals surface area contributed by atoms with Crippen molar-refractivity contribution in [3.8, 4) is 10.6 Å². The van der Waals surface area contributed by atoms with Crippen LogP contribution in [-0.4, -0.2) is 35.7 Å². The van der Waals surface area contributed by atoms with E-state index in [0.717, 1.165) is 35.0 Å². The molecule has 0 aliphatic carbocycles. The first-order valence-electron chi connectivity index (χ1n) is 8.92. The van der Waals surface area contributed by atoms with Crippen LogP contribution in [0.5, 0.6) is 0 Å². The molecule has 0 spiro atoms. The second-order valence-electron chi connectivity index (χ2n) is 5.98. The van der Waals surface area contributed by atoms with E-state index >= 15 is 0 Å². The molecule has 7 heteroatoms. The largest absolute Gasteiger partial charge is 0.465 e. The van der Waals surface area contributed by atoms with E-state index in [0.29, 0.717) is 18.4 Å². The Morgan fingerprint density at radius 2 is 1.88 bits per heavy atom. The fourth-order valence-electron chi connectivity index (χ4n) is 2.43. The van der Waals surface area contributed by atoms with Gasteiger partial charge in [-0.2, -0.15) is 0 Å². The maximum atomic E-state index is 11.9. The van der Waals surface area contributed by atoms with E-state index in [2.05, 4.69) is 27.2 Å². The number of aromatic nitrogens is 2. The van der Waals surface area contributed by atoms with Crippen LogP contribution < -0.4 is 5.32 Å². The molecule has 0 saturated carbocycles. The summed E-state index contributed by atoms with van der Waals surface area (Å²) in [6.07, 6.45) is 5.60. The number of carbonyl (C=O) groups is 2. The fraction of sp³-hybridized carbons (Fsp3) is 0.474. The molecule has 1 amide bonds. The van der Waals surface area contributed by atoms with Crippen LogP contribution in [0, 0.1) is 0 Å². The van der Waals surface area contributed by atoms with Crippen LogP contribution in [0.25, 0.3) is 10.6 Å². The Morgan fingerprint density at radius 3 is 2.58 bits per heavy atom. The van der Waals surface area contributed by atoms with Gasteiger partial charge in [-0.25, -0.2) is 4.79 Å². The van der Waals surface area contributed by atoms with Gasteiger partial charge >= 0.3 is 5.97 Å². The van der Waals surface area contributed by atoms with Gasteiger partial charge in [-0.3, -0.25) is 4.79 Å². The molecule has 0 unspecified atom stereocenters. The zero-order valence-electron chi connectivity index (χ0n) is 15.3. The number of esters is 1. The molecule has 0 atom stereocenters. The average molecular weight is 375 g/mol. The third-order valence-corrected chi connectivity index (χ3v) is 4.97. The Bertz CT molecular complexity index is 713. The molecule has 2 rings (SSSR count). The minimum absolute atomic E-state index is 0.0562. The molecule has 0 radical (unpaired) electrons. The van der Waals surface area contributed by atoms with Gasteiger partial charge in [0.1, 0.15) is 10.0 Å². The van der Waals surface area contributed by atoms with Crippen LogP contribution in [0.4, 0.5) is 0 Å². The second kappa shape index (κ2) is 10.7. The van der Waals surface area contributed by atoms with Crippen molar-refractivity contribution in [1.82, 2.24) is 15.5 Å². The fourth-order valence-corrected chi connectivity index (χ4v) is 3.27. The van der Waals surface area contributed by atoms with Gasteiger partial charge in [0.25, 0.3) is 0 Å². The number of hydrogen-bond acceptors (Lipinski definition) is 6. The Hall–Kier alpha value is -2.28. The van der Waals surface area contributed by atoms with Gasteiger partial charge in [-0.1, -0.05) is 49.7 Å². The predicted molar refractivity (Wildman–Crippen MR) is 102 cm³/mol. The lowest BCUT2D eigenvalue weighted by Gasteiger charge is -2.03. The smallest absolute Gasteiger partial charge is 0.337 e. The van der Waals surface area contributed by atoms with Gasteiger partial charge in [0.15, 0.2) is 0 Å². The number of benzene rings is 1.